The van der Waals surface area contributed by atoms with Gasteiger partial charge in [-0.25, -0.2) is 9.78 Å². The number of H-pyrrole nitrogens is 1. The topological polar surface area (TPSA) is 64.2 Å². The maximum Gasteiger partial charge on any atom is 0.573 e. The van der Waals surface area contributed by atoms with Crippen molar-refractivity contribution in [3.05, 3.63) is 47.5 Å². The van der Waals surface area contributed by atoms with Gasteiger partial charge in [-0.05, 0) is 24.6 Å². The molecule has 2 rings (SSSR count). The molecule has 0 bridgehead atoms. The zero-order valence-electron chi connectivity index (χ0n) is 11.6. The predicted molar refractivity (Wildman–Crippen MR) is 70.5 cm³/mol. The van der Waals surface area contributed by atoms with Gasteiger partial charge < -0.3 is 14.5 Å². The number of hydrogen-bond donors (Lipinski definition) is 1. The summed E-state index contributed by atoms with van der Waals surface area (Å²) in [5, 5.41) is 0. The number of aromatic amines is 1. The van der Waals surface area contributed by atoms with Crippen molar-refractivity contribution in [3.8, 4) is 5.75 Å². The Labute approximate surface area is 124 Å². The summed E-state index contributed by atoms with van der Waals surface area (Å²) < 4.78 is 45.2. The minimum Gasteiger partial charge on any atom is -0.461 e. The Bertz CT molecular complexity index is 653. The molecular weight excluding hydrogens is 301 g/mol. The highest BCUT2D eigenvalue weighted by molar-refractivity contribution is 5.86. The Hall–Kier alpha value is -2.51. The van der Waals surface area contributed by atoms with Crippen LogP contribution in [0.2, 0.25) is 0 Å². The Morgan fingerprint density at radius 2 is 2.14 bits per heavy atom. The maximum absolute atomic E-state index is 12.2. The van der Waals surface area contributed by atoms with E-state index in [1.165, 1.54) is 24.4 Å². The molecule has 1 heterocycles. The molecule has 0 radical (unpaired) electrons. The van der Waals surface area contributed by atoms with E-state index in [0.29, 0.717) is 11.4 Å². The lowest BCUT2D eigenvalue weighted by atomic mass is 10.1. The Kier molecular flexibility index (Phi) is 4.69. The molecule has 0 fully saturated rings. The molecule has 0 amide bonds. The zero-order chi connectivity index (χ0) is 16.2. The molecule has 0 unspecified atom stereocenters. The Morgan fingerprint density at radius 3 is 2.82 bits per heavy atom. The molecule has 2 aromatic rings. The average molecular weight is 314 g/mol. The number of imidazole rings is 1. The first kappa shape index (κ1) is 15.9. The summed E-state index contributed by atoms with van der Waals surface area (Å²) in [5.74, 6) is -0.398. The summed E-state index contributed by atoms with van der Waals surface area (Å²) >= 11 is 0. The molecule has 118 valence electrons. The van der Waals surface area contributed by atoms with Crippen LogP contribution in [-0.4, -0.2) is 28.9 Å². The van der Waals surface area contributed by atoms with E-state index in [4.69, 9.17) is 4.74 Å². The number of esters is 1. The fourth-order valence-electron chi connectivity index (χ4n) is 1.81. The monoisotopic (exact) mass is 314 g/mol. The van der Waals surface area contributed by atoms with Gasteiger partial charge in [0.25, 0.3) is 0 Å². The number of alkyl halides is 3. The van der Waals surface area contributed by atoms with E-state index in [1.54, 1.807) is 13.0 Å². The molecule has 1 aromatic heterocycles. The Balaban J connectivity index is 2.08. The van der Waals surface area contributed by atoms with Gasteiger partial charge in [0.15, 0.2) is 0 Å². The number of carbonyl (C=O) groups excluding carboxylic acids is 1. The molecule has 1 aromatic carbocycles. The second-order valence-corrected chi connectivity index (χ2v) is 4.34. The van der Waals surface area contributed by atoms with Gasteiger partial charge in [-0.3, -0.25) is 0 Å². The quantitative estimate of drug-likeness (QED) is 0.862. The summed E-state index contributed by atoms with van der Waals surface area (Å²) in [4.78, 5) is 18.2. The van der Waals surface area contributed by atoms with E-state index >= 15 is 0 Å². The molecule has 8 heteroatoms. The van der Waals surface area contributed by atoms with E-state index in [9.17, 15) is 18.0 Å². The highest BCUT2D eigenvalue weighted by Gasteiger charge is 2.31. The molecule has 0 saturated carbocycles. The van der Waals surface area contributed by atoms with Crippen LogP contribution < -0.4 is 4.74 Å². The number of ether oxygens (including phenoxy) is 2. The van der Waals surface area contributed by atoms with Gasteiger partial charge in [-0.1, -0.05) is 12.1 Å². The first-order valence-electron chi connectivity index (χ1n) is 6.43. The van der Waals surface area contributed by atoms with Gasteiger partial charge in [-0.2, -0.15) is 0 Å². The number of aromatic nitrogens is 2. The number of nitrogens with one attached hydrogen (secondary N) is 1. The van der Waals surface area contributed by atoms with Crippen LogP contribution in [0, 0.1) is 0 Å². The normalized spacial score (nSPS) is 11.3. The molecule has 22 heavy (non-hydrogen) atoms. The van der Waals surface area contributed by atoms with Crippen molar-refractivity contribution in [3.63, 3.8) is 0 Å². The highest BCUT2D eigenvalue weighted by Crippen LogP contribution is 2.23. The summed E-state index contributed by atoms with van der Waals surface area (Å²) in [6.07, 6.45) is -3.18. The minimum absolute atomic E-state index is 0.194. The Morgan fingerprint density at radius 1 is 1.36 bits per heavy atom. The zero-order valence-corrected chi connectivity index (χ0v) is 11.6. The van der Waals surface area contributed by atoms with Crippen LogP contribution in [0.1, 0.15) is 28.8 Å². The summed E-state index contributed by atoms with van der Waals surface area (Å²) in [5.41, 5.74) is 0.756. The third-order valence-corrected chi connectivity index (χ3v) is 2.63. The van der Waals surface area contributed by atoms with Crippen LogP contribution in [0.5, 0.6) is 5.75 Å². The third-order valence-electron chi connectivity index (χ3n) is 2.63. The van der Waals surface area contributed by atoms with Crippen LogP contribution in [-0.2, 0) is 11.2 Å². The van der Waals surface area contributed by atoms with Gasteiger partial charge >= 0.3 is 12.3 Å². The fourth-order valence-corrected chi connectivity index (χ4v) is 1.81. The minimum atomic E-state index is -4.74. The van der Waals surface area contributed by atoms with Crippen molar-refractivity contribution in [1.82, 2.24) is 9.97 Å². The SMILES string of the molecule is CCOC(=O)c1cnc(Cc2cccc(OC(F)(F)F)c2)[nH]1. The van der Waals surface area contributed by atoms with Crippen molar-refractivity contribution in [1.29, 1.82) is 0 Å². The summed E-state index contributed by atoms with van der Waals surface area (Å²) in [6, 6.07) is 5.56. The smallest absolute Gasteiger partial charge is 0.461 e. The van der Waals surface area contributed by atoms with E-state index in [0.717, 1.165) is 0 Å². The van der Waals surface area contributed by atoms with Crippen LogP contribution >= 0.6 is 0 Å². The number of rotatable bonds is 5. The second kappa shape index (κ2) is 6.50. The van der Waals surface area contributed by atoms with Crippen molar-refractivity contribution in [2.45, 2.75) is 19.7 Å². The summed E-state index contributed by atoms with van der Waals surface area (Å²) in [6.45, 7) is 1.92. The van der Waals surface area contributed by atoms with Gasteiger partial charge in [-0.15, -0.1) is 13.2 Å². The summed E-state index contributed by atoms with van der Waals surface area (Å²) in [7, 11) is 0. The van der Waals surface area contributed by atoms with Crippen molar-refractivity contribution < 1.29 is 27.4 Å². The number of nitrogens with zero attached hydrogens (tertiary/aromatic N) is 1. The van der Waals surface area contributed by atoms with Crippen molar-refractivity contribution in [2.24, 2.45) is 0 Å². The molecule has 0 spiro atoms. The maximum atomic E-state index is 12.2. The van der Waals surface area contributed by atoms with Crippen LogP contribution in [0.3, 0.4) is 0 Å². The number of halogens is 3. The van der Waals surface area contributed by atoms with E-state index < -0.39 is 12.3 Å². The van der Waals surface area contributed by atoms with E-state index in [2.05, 4.69) is 14.7 Å². The molecule has 1 N–H and O–H groups in total. The number of hydrogen-bond acceptors (Lipinski definition) is 4. The molecule has 5 nitrogen and oxygen atoms in total. The molecule has 0 aliphatic carbocycles. The molecule has 0 aliphatic rings. The lowest BCUT2D eigenvalue weighted by Crippen LogP contribution is -2.17. The van der Waals surface area contributed by atoms with Gasteiger partial charge in [0.1, 0.15) is 17.3 Å². The number of carbonyl (C=O) groups is 1. The standard InChI is InChI=1S/C14H13F3N2O3/c1-2-21-13(20)11-8-18-12(19-11)7-9-4-3-5-10(6-9)22-14(15,16)17/h3-6,8H,2,7H2,1H3,(H,18,19). The van der Waals surface area contributed by atoms with Crippen molar-refractivity contribution >= 4 is 5.97 Å². The van der Waals surface area contributed by atoms with E-state index in [1.807, 2.05) is 0 Å². The fraction of sp³-hybridized carbons (Fsp3) is 0.286. The lowest BCUT2D eigenvalue weighted by Gasteiger charge is -2.09. The van der Waals surface area contributed by atoms with E-state index in [-0.39, 0.29) is 24.5 Å². The van der Waals surface area contributed by atoms with Crippen LogP contribution in [0.4, 0.5) is 13.2 Å². The van der Waals surface area contributed by atoms with Crippen molar-refractivity contribution in [2.75, 3.05) is 6.61 Å². The molecule has 0 atom stereocenters. The molecule has 0 aliphatic heterocycles. The predicted octanol–water partition coefficient (Wildman–Crippen LogP) is 3.08. The first-order chi connectivity index (χ1) is 10.4. The molecule has 0 saturated heterocycles. The first-order valence-corrected chi connectivity index (χ1v) is 6.43. The van der Waals surface area contributed by atoms with Crippen LogP contribution in [0.15, 0.2) is 30.5 Å². The van der Waals surface area contributed by atoms with Gasteiger partial charge in [0.2, 0.25) is 0 Å². The average Bonchev–Trinajstić information content (AvgIpc) is 2.86. The molecular formula is C14H13F3N2O3. The highest BCUT2D eigenvalue weighted by atomic mass is 19.4. The third kappa shape index (κ3) is 4.51. The second-order valence-electron chi connectivity index (χ2n) is 4.34. The van der Waals surface area contributed by atoms with Gasteiger partial charge in [0, 0.05) is 6.42 Å². The largest absolute Gasteiger partial charge is 0.573 e. The number of benzene rings is 1. The van der Waals surface area contributed by atoms with Gasteiger partial charge in [0.05, 0.1) is 12.8 Å². The lowest BCUT2D eigenvalue weighted by molar-refractivity contribution is -0.274. The van der Waals surface area contributed by atoms with Crippen LogP contribution in [0.25, 0.3) is 0 Å².